The molecule has 174 valence electrons. The van der Waals surface area contributed by atoms with Crippen LogP contribution in [-0.2, 0) is 6.54 Å². The average molecular weight is 453 g/mol. The molecular formula is C25H28N2O6. The number of benzene rings is 2. The van der Waals surface area contributed by atoms with E-state index in [1.165, 1.54) is 14.2 Å². The van der Waals surface area contributed by atoms with Crippen LogP contribution in [0.25, 0.3) is 10.8 Å². The molecule has 3 aromatic rings. The Balaban J connectivity index is 1.65. The highest BCUT2D eigenvalue weighted by Gasteiger charge is 2.23. The molecule has 1 amide bonds. The number of amides is 1. The number of hydrogen-bond acceptors (Lipinski definition) is 6. The van der Waals surface area contributed by atoms with Gasteiger partial charge >= 0.3 is 0 Å². The minimum Gasteiger partial charge on any atom is -0.493 e. The summed E-state index contributed by atoms with van der Waals surface area (Å²) in [4.78, 5) is 26.4. The van der Waals surface area contributed by atoms with Gasteiger partial charge in [-0.3, -0.25) is 9.59 Å². The lowest BCUT2D eigenvalue weighted by Crippen LogP contribution is -2.41. The maximum atomic E-state index is 13.3. The second kappa shape index (κ2) is 9.44. The molecule has 2 heterocycles. The highest BCUT2D eigenvalue weighted by molar-refractivity contribution is 6.07. The zero-order valence-electron chi connectivity index (χ0n) is 19.2. The van der Waals surface area contributed by atoms with Crippen LogP contribution < -0.4 is 29.8 Å². The first-order valence-electron chi connectivity index (χ1n) is 10.9. The number of fused-ring (bicyclic) bond motifs is 2. The molecule has 2 aromatic carbocycles. The lowest BCUT2D eigenvalue weighted by atomic mass is 10.0. The van der Waals surface area contributed by atoms with Crippen LogP contribution in [0.4, 0.5) is 0 Å². The maximum absolute atomic E-state index is 13.3. The molecule has 1 aliphatic heterocycles. The van der Waals surface area contributed by atoms with Crippen molar-refractivity contribution < 1.29 is 23.7 Å². The molecule has 8 nitrogen and oxygen atoms in total. The molecule has 4 rings (SSSR count). The number of pyridine rings is 1. The minimum absolute atomic E-state index is 0.183. The number of para-hydroxylation sites is 2. The van der Waals surface area contributed by atoms with Gasteiger partial charge in [0, 0.05) is 18.1 Å². The molecule has 1 aliphatic rings. The first kappa shape index (κ1) is 22.5. The van der Waals surface area contributed by atoms with Crippen molar-refractivity contribution >= 4 is 16.7 Å². The first-order chi connectivity index (χ1) is 15.9. The summed E-state index contributed by atoms with van der Waals surface area (Å²) >= 11 is 0. The second-order valence-electron chi connectivity index (χ2n) is 8.35. The van der Waals surface area contributed by atoms with Crippen LogP contribution in [0.1, 0.15) is 24.2 Å². The zero-order chi connectivity index (χ0) is 23.5. The summed E-state index contributed by atoms with van der Waals surface area (Å²) in [6, 6.07) is 10.7. The fourth-order valence-corrected chi connectivity index (χ4v) is 3.89. The van der Waals surface area contributed by atoms with Crippen LogP contribution >= 0.6 is 0 Å². The van der Waals surface area contributed by atoms with E-state index in [0.29, 0.717) is 52.5 Å². The van der Waals surface area contributed by atoms with Crippen molar-refractivity contribution in [2.24, 2.45) is 5.92 Å². The predicted molar refractivity (Wildman–Crippen MR) is 125 cm³/mol. The fourth-order valence-electron chi connectivity index (χ4n) is 3.89. The van der Waals surface area contributed by atoms with Crippen LogP contribution in [0.15, 0.2) is 47.4 Å². The lowest BCUT2D eigenvalue weighted by molar-refractivity contribution is 0.0789. The Bertz CT molecular complexity index is 1230. The van der Waals surface area contributed by atoms with Crippen molar-refractivity contribution in [3.05, 3.63) is 58.5 Å². The van der Waals surface area contributed by atoms with Crippen molar-refractivity contribution in [3.63, 3.8) is 0 Å². The van der Waals surface area contributed by atoms with Crippen molar-refractivity contribution in [2.75, 3.05) is 27.4 Å². The summed E-state index contributed by atoms with van der Waals surface area (Å²) in [5.41, 5.74) is 0.195. The van der Waals surface area contributed by atoms with Gasteiger partial charge in [0.2, 0.25) is 0 Å². The number of rotatable bonds is 7. The normalized spacial score (nSPS) is 14.9. The molecular weight excluding hydrogens is 424 g/mol. The van der Waals surface area contributed by atoms with Crippen molar-refractivity contribution in [1.82, 2.24) is 9.88 Å². The number of methoxy groups -OCH3 is 2. The van der Waals surface area contributed by atoms with Gasteiger partial charge in [0.25, 0.3) is 11.5 Å². The lowest BCUT2D eigenvalue weighted by Gasteiger charge is -2.26. The van der Waals surface area contributed by atoms with E-state index < -0.39 is 0 Å². The Morgan fingerprint density at radius 2 is 1.79 bits per heavy atom. The number of carbonyl (C=O) groups is 1. The van der Waals surface area contributed by atoms with E-state index in [0.717, 1.165) is 0 Å². The van der Waals surface area contributed by atoms with Gasteiger partial charge in [-0.05, 0) is 30.2 Å². The maximum Gasteiger partial charge on any atom is 0.258 e. The predicted octanol–water partition coefficient (Wildman–Crippen LogP) is 3.24. The Morgan fingerprint density at radius 1 is 1.12 bits per heavy atom. The van der Waals surface area contributed by atoms with E-state index in [4.69, 9.17) is 18.9 Å². The van der Waals surface area contributed by atoms with Gasteiger partial charge in [0.05, 0.1) is 31.7 Å². The van der Waals surface area contributed by atoms with E-state index in [-0.39, 0.29) is 30.0 Å². The summed E-state index contributed by atoms with van der Waals surface area (Å²) in [6.45, 7) is 5.10. The third-order valence-electron chi connectivity index (χ3n) is 5.45. The van der Waals surface area contributed by atoms with E-state index in [1.807, 2.05) is 38.1 Å². The molecule has 0 saturated carbocycles. The van der Waals surface area contributed by atoms with Gasteiger partial charge in [-0.2, -0.15) is 0 Å². The summed E-state index contributed by atoms with van der Waals surface area (Å²) in [7, 11) is 3.03. The first-order valence-corrected chi connectivity index (χ1v) is 10.9. The van der Waals surface area contributed by atoms with E-state index >= 15 is 0 Å². The quantitative estimate of drug-likeness (QED) is 0.592. The molecule has 0 aliphatic carbocycles. The second-order valence-corrected chi connectivity index (χ2v) is 8.35. The molecule has 1 atom stereocenters. The fraction of sp³-hybridized carbons (Fsp3) is 0.360. The van der Waals surface area contributed by atoms with Gasteiger partial charge in [-0.15, -0.1) is 0 Å². The molecule has 1 aromatic heterocycles. The highest BCUT2D eigenvalue weighted by Crippen LogP contribution is 2.33. The molecule has 0 fully saturated rings. The Hall–Kier alpha value is -3.68. The topological polar surface area (TPSA) is 88.0 Å². The van der Waals surface area contributed by atoms with E-state index in [2.05, 4.69) is 5.32 Å². The van der Waals surface area contributed by atoms with Crippen LogP contribution in [0, 0.1) is 5.92 Å². The summed E-state index contributed by atoms with van der Waals surface area (Å²) in [5.74, 6) is 2.13. The number of nitrogens with zero attached hydrogens (tertiary/aromatic N) is 1. The average Bonchev–Trinajstić information content (AvgIpc) is 2.83. The summed E-state index contributed by atoms with van der Waals surface area (Å²) in [6.07, 6.45) is 1.28. The van der Waals surface area contributed by atoms with Gasteiger partial charge in [0.15, 0.2) is 23.0 Å². The Labute approximate surface area is 192 Å². The van der Waals surface area contributed by atoms with Crippen molar-refractivity contribution in [3.8, 4) is 23.0 Å². The Kier molecular flexibility index (Phi) is 6.44. The molecule has 1 N–H and O–H groups in total. The third kappa shape index (κ3) is 4.60. The van der Waals surface area contributed by atoms with Crippen LogP contribution in [0.5, 0.6) is 23.0 Å². The smallest absolute Gasteiger partial charge is 0.258 e. The van der Waals surface area contributed by atoms with E-state index in [9.17, 15) is 9.59 Å². The van der Waals surface area contributed by atoms with Gasteiger partial charge in [-0.25, -0.2) is 0 Å². The zero-order valence-corrected chi connectivity index (χ0v) is 19.2. The van der Waals surface area contributed by atoms with Crippen LogP contribution in [-0.4, -0.2) is 43.9 Å². The highest BCUT2D eigenvalue weighted by atomic mass is 16.6. The summed E-state index contributed by atoms with van der Waals surface area (Å²) < 4.78 is 24.0. The van der Waals surface area contributed by atoms with Crippen molar-refractivity contribution in [1.29, 1.82) is 0 Å². The minimum atomic E-state index is -0.327. The molecule has 33 heavy (non-hydrogen) atoms. The summed E-state index contributed by atoms with van der Waals surface area (Å²) in [5, 5.41) is 3.82. The standard InChI is InChI=1S/C25H28N2O6/c1-15(2)12-27-13-19(17-9-22(30-3)23(31-4)10-18(17)25(27)29)24(28)26-11-16-14-32-20-7-5-6-8-21(20)33-16/h5-10,13,15-16H,11-12,14H2,1-4H3,(H,26,28). The molecule has 1 unspecified atom stereocenters. The van der Waals surface area contributed by atoms with Gasteiger partial charge in [0.1, 0.15) is 12.7 Å². The largest absolute Gasteiger partial charge is 0.493 e. The SMILES string of the molecule is COc1cc2c(C(=O)NCC3COc4ccccc4O3)cn(CC(C)C)c(=O)c2cc1OC. The van der Waals surface area contributed by atoms with Crippen molar-refractivity contribution in [2.45, 2.75) is 26.5 Å². The van der Waals surface area contributed by atoms with E-state index in [1.54, 1.807) is 22.9 Å². The molecule has 8 heteroatoms. The number of nitrogens with one attached hydrogen (secondary N) is 1. The Morgan fingerprint density at radius 3 is 2.45 bits per heavy atom. The molecule has 0 bridgehead atoms. The number of hydrogen-bond donors (Lipinski definition) is 1. The van der Waals surface area contributed by atoms with Gasteiger partial charge < -0.3 is 28.8 Å². The number of ether oxygens (including phenoxy) is 4. The number of carbonyl (C=O) groups excluding carboxylic acids is 1. The molecule has 0 spiro atoms. The molecule has 0 radical (unpaired) electrons. The number of aromatic nitrogens is 1. The van der Waals surface area contributed by atoms with Crippen LogP contribution in [0.3, 0.4) is 0 Å². The van der Waals surface area contributed by atoms with Crippen LogP contribution in [0.2, 0.25) is 0 Å². The monoisotopic (exact) mass is 452 g/mol. The van der Waals surface area contributed by atoms with Gasteiger partial charge in [-0.1, -0.05) is 26.0 Å². The molecule has 0 saturated heterocycles. The third-order valence-corrected chi connectivity index (χ3v) is 5.45.